The van der Waals surface area contributed by atoms with Crippen LogP contribution in [-0.4, -0.2) is 15.8 Å². The maximum absolute atomic E-state index is 6.41. The SMILES string of the molecule is CCn1cc(CC(N)C2CC3CCC2C3)cn1. The van der Waals surface area contributed by atoms with E-state index in [0.29, 0.717) is 6.04 Å². The van der Waals surface area contributed by atoms with E-state index in [1.54, 1.807) is 0 Å². The number of nitrogens with zero attached hydrogens (tertiary/aromatic N) is 2. The Balaban J connectivity index is 1.61. The molecule has 3 heteroatoms. The molecule has 17 heavy (non-hydrogen) atoms. The molecule has 3 nitrogen and oxygen atoms in total. The van der Waals surface area contributed by atoms with Crippen molar-refractivity contribution in [3.05, 3.63) is 18.0 Å². The molecule has 2 bridgehead atoms. The Hall–Kier alpha value is -0.830. The van der Waals surface area contributed by atoms with Crippen LogP contribution in [-0.2, 0) is 13.0 Å². The largest absolute Gasteiger partial charge is 0.327 e. The van der Waals surface area contributed by atoms with Gasteiger partial charge in [0.25, 0.3) is 0 Å². The molecule has 1 aromatic rings. The molecule has 4 atom stereocenters. The fourth-order valence-electron chi connectivity index (χ4n) is 3.93. The summed E-state index contributed by atoms with van der Waals surface area (Å²) in [4.78, 5) is 0. The van der Waals surface area contributed by atoms with Crippen LogP contribution in [0.3, 0.4) is 0 Å². The molecule has 0 amide bonds. The number of aryl methyl sites for hydroxylation is 1. The first-order valence-electron chi connectivity index (χ1n) is 7.03. The second-order valence-electron chi connectivity index (χ2n) is 5.91. The lowest BCUT2D eigenvalue weighted by atomic mass is 9.82. The zero-order valence-electron chi connectivity index (χ0n) is 10.7. The Kier molecular flexibility index (Phi) is 2.95. The van der Waals surface area contributed by atoms with Gasteiger partial charge < -0.3 is 5.73 Å². The van der Waals surface area contributed by atoms with Crippen molar-refractivity contribution in [1.29, 1.82) is 0 Å². The Labute approximate surface area is 103 Å². The van der Waals surface area contributed by atoms with Crippen molar-refractivity contribution in [3.63, 3.8) is 0 Å². The molecule has 1 aromatic heterocycles. The molecule has 2 aliphatic rings. The van der Waals surface area contributed by atoms with E-state index in [4.69, 9.17) is 5.73 Å². The van der Waals surface area contributed by atoms with Crippen LogP contribution in [0, 0.1) is 17.8 Å². The Morgan fingerprint density at radius 3 is 2.94 bits per heavy atom. The third kappa shape index (κ3) is 2.13. The van der Waals surface area contributed by atoms with E-state index < -0.39 is 0 Å². The van der Waals surface area contributed by atoms with Gasteiger partial charge in [-0.25, -0.2) is 0 Å². The third-order valence-electron chi connectivity index (χ3n) is 4.82. The van der Waals surface area contributed by atoms with Gasteiger partial charge in [0.15, 0.2) is 0 Å². The van der Waals surface area contributed by atoms with Gasteiger partial charge in [-0.3, -0.25) is 4.68 Å². The zero-order valence-corrected chi connectivity index (χ0v) is 10.7. The minimum absolute atomic E-state index is 0.347. The zero-order chi connectivity index (χ0) is 11.8. The summed E-state index contributed by atoms with van der Waals surface area (Å²) in [5.41, 5.74) is 7.72. The molecular formula is C14H23N3. The summed E-state index contributed by atoms with van der Waals surface area (Å²) in [6.07, 6.45) is 10.9. The van der Waals surface area contributed by atoms with E-state index in [0.717, 1.165) is 30.7 Å². The summed E-state index contributed by atoms with van der Waals surface area (Å²) in [6, 6.07) is 0.347. The van der Waals surface area contributed by atoms with Gasteiger partial charge in [0, 0.05) is 18.8 Å². The molecule has 0 aliphatic heterocycles. The van der Waals surface area contributed by atoms with Crippen LogP contribution in [0.5, 0.6) is 0 Å². The summed E-state index contributed by atoms with van der Waals surface area (Å²) < 4.78 is 1.99. The van der Waals surface area contributed by atoms with Crippen LogP contribution in [0.4, 0.5) is 0 Å². The van der Waals surface area contributed by atoms with Crippen molar-refractivity contribution in [1.82, 2.24) is 9.78 Å². The number of nitrogens with two attached hydrogens (primary N) is 1. The van der Waals surface area contributed by atoms with Crippen molar-refractivity contribution in [2.24, 2.45) is 23.5 Å². The topological polar surface area (TPSA) is 43.8 Å². The van der Waals surface area contributed by atoms with Crippen molar-refractivity contribution in [2.45, 2.75) is 51.6 Å². The highest BCUT2D eigenvalue weighted by molar-refractivity contribution is 5.08. The van der Waals surface area contributed by atoms with Gasteiger partial charge in [-0.05, 0) is 55.9 Å². The number of rotatable bonds is 4. The molecule has 0 saturated heterocycles. The van der Waals surface area contributed by atoms with Gasteiger partial charge in [0.1, 0.15) is 0 Å². The van der Waals surface area contributed by atoms with Gasteiger partial charge >= 0.3 is 0 Å². The average molecular weight is 233 g/mol. The molecule has 0 radical (unpaired) electrons. The molecule has 2 saturated carbocycles. The highest BCUT2D eigenvalue weighted by atomic mass is 15.3. The number of hydrogen-bond donors (Lipinski definition) is 1. The molecule has 3 rings (SSSR count). The second kappa shape index (κ2) is 4.45. The first-order valence-corrected chi connectivity index (χ1v) is 7.03. The predicted octanol–water partition coefficient (Wildman–Crippen LogP) is 2.21. The van der Waals surface area contributed by atoms with Crippen molar-refractivity contribution in [3.8, 4) is 0 Å². The van der Waals surface area contributed by atoms with Crippen LogP contribution in [0.25, 0.3) is 0 Å². The fourth-order valence-corrected chi connectivity index (χ4v) is 3.93. The summed E-state index contributed by atoms with van der Waals surface area (Å²) >= 11 is 0. The Morgan fingerprint density at radius 2 is 2.35 bits per heavy atom. The average Bonchev–Trinajstić information content (AvgIpc) is 3.04. The van der Waals surface area contributed by atoms with E-state index in [2.05, 4.69) is 18.2 Å². The van der Waals surface area contributed by atoms with Crippen LogP contribution >= 0.6 is 0 Å². The van der Waals surface area contributed by atoms with Crippen molar-refractivity contribution < 1.29 is 0 Å². The van der Waals surface area contributed by atoms with Gasteiger partial charge in [-0.2, -0.15) is 5.10 Å². The highest BCUT2D eigenvalue weighted by Gasteiger charge is 2.41. The summed E-state index contributed by atoms with van der Waals surface area (Å²) in [6.45, 7) is 3.07. The monoisotopic (exact) mass is 233 g/mol. The first-order chi connectivity index (χ1) is 8.26. The number of hydrogen-bond acceptors (Lipinski definition) is 2. The normalized spacial score (nSPS) is 33.2. The lowest BCUT2D eigenvalue weighted by Crippen LogP contribution is -2.35. The van der Waals surface area contributed by atoms with Crippen molar-refractivity contribution in [2.75, 3.05) is 0 Å². The van der Waals surface area contributed by atoms with Crippen LogP contribution in [0.15, 0.2) is 12.4 Å². The molecule has 2 N–H and O–H groups in total. The van der Waals surface area contributed by atoms with Gasteiger partial charge in [-0.1, -0.05) is 6.42 Å². The van der Waals surface area contributed by atoms with Gasteiger partial charge in [-0.15, -0.1) is 0 Å². The standard InChI is InChI=1S/C14H23N3/c1-2-17-9-11(8-16-17)7-14(15)13-6-10-3-4-12(13)5-10/h8-10,12-14H,2-7,15H2,1H3. The highest BCUT2D eigenvalue weighted by Crippen LogP contribution is 2.49. The van der Waals surface area contributed by atoms with Crippen molar-refractivity contribution >= 4 is 0 Å². The lowest BCUT2D eigenvalue weighted by molar-refractivity contribution is 0.280. The lowest BCUT2D eigenvalue weighted by Gasteiger charge is -2.27. The van der Waals surface area contributed by atoms with E-state index in [1.807, 2.05) is 10.9 Å². The summed E-state index contributed by atoms with van der Waals surface area (Å²) in [5, 5.41) is 4.32. The number of fused-ring (bicyclic) bond motifs is 2. The Morgan fingerprint density at radius 1 is 1.47 bits per heavy atom. The molecule has 0 aromatic carbocycles. The molecule has 4 unspecified atom stereocenters. The summed E-state index contributed by atoms with van der Waals surface area (Å²) in [5.74, 6) is 2.70. The number of aromatic nitrogens is 2. The van der Waals surface area contributed by atoms with Crippen LogP contribution < -0.4 is 5.73 Å². The maximum atomic E-state index is 6.41. The van der Waals surface area contributed by atoms with E-state index in [1.165, 1.54) is 31.2 Å². The fraction of sp³-hybridized carbons (Fsp3) is 0.786. The molecule has 2 aliphatic carbocycles. The van der Waals surface area contributed by atoms with E-state index in [9.17, 15) is 0 Å². The molecular weight excluding hydrogens is 210 g/mol. The summed E-state index contributed by atoms with van der Waals surface area (Å²) in [7, 11) is 0. The molecule has 2 fully saturated rings. The van der Waals surface area contributed by atoms with E-state index >= 15 is 0 Å². The predicted molar refractivity (Wildman–Crippen MR) is 68.5 cm³/mol. The van der Waals surface area contributed by atoms with Gasteiger partial charge in [0.05, 0.1) is 6.20 Å². The molecule has 1 heterocycles. The smallest absolute Gasteiger partial charge is 0.0522 e. The van der Waals surface area contributed by atoms with Gasteiger partial charge in [0.2, 0.25) is 0 Å². The molecule has 0 spiro atoms. The van der Waals surface area contributed by atoms with E-state index in [-0.39, 0.29) is 0 Å². The minimum Gasteiger partial charge on any atom is -0.327 e. The molecule has 94 valence electrons. The quantitative estimate of drug-likeness (QED) is 0.866. The third-order valence-corrected chi connectivity index (χ3v) is 4.82. The first kappa shape index (κ1) is 11.3. The van der Waals surface area contributed by atoms with Crippen LogP contribution in [0.1, 0.15) is 38.2 Å². The Bertz CT molecular complexity index is 385. The maximum Gasteiger partial charge on any atom is 0.0522 e. The minimum atomic E-state index is 0.347. The van der Waals surface area contributed by atoms with Crippen LogP contribution in [0.2, 0.25) is 0 Å². The second-order valence-corrected chi connectivity index (χ2v) is 5.91.